The maximum atomic E-state index is 10.4. The van der Waals surface area contributed by atoms with Crippen LogP contribution in [0.15, 0.2) is 9.98 Å². The van der Waals surface area contributed by atoms with Gasteiger partial charge < -0.3 is 9.47 Å². The van der Waals surface area contributed by atoms with Crippen LogP contribution in [0, 0.1) is 0 Å². The molecule has 0 aliphatic carbocycles. The number of hydrogen-bond acceptors (Lipinski definition) is 4. The highest BCUT2D eigenvalue weighted by molar-refractivity contribution is 5.83. The summed E-state index contributed by atoms with van der Waals surface area (Å²) in [4.78, 5) is 27.8. The quantitative estimate of drug-likeness (QED) is 0.462. The number of carbonyl (C=O) groups excluding carboxylic acids is 2. The molecule has 0 radical (unpaired) electrons. The van der Waals surface area contributed by atoms with Gasteiger partial charge in [0, 0.05) is 26.3 Å². The fourth-order valence-corrected chi connectivity index (χ4v) is 0.722. The van der Waals surface area contributed by atoms with E-state index in [1.54, 1.807) is 0 Å². The van der Waals surface area contributed by atoms with Crippen molar-refractivity contribution in [1.82, 2.24) is 0 Å². The van der Waals surface area contributed by atoms with E-state index in [0.717, 1.165) is 0 Å². The van der Waals surface area contributed by atoms with Gasteiger partial charge in [0.25, 0.3) is 0 Å². The second-order valence-electron chi connectivity index (χ2n) is 2.81. The average molecular weight is 228 g/mol. The molecule has 0 aliphatic heterocycles. The molecule has 2 amide bonds. The lowest BCUT2D eigenvalue weighted by Gasteiger charge is -2.00. The second-order valence-corrected chi connectivity index (χ2v) is 2.81. The molecule has 0 saturated carbocycles. The van der Waals surface area contributed by atoms with Gasteiger partial charge in [0.15, 0.2) is 0 Å². The molecule has 0 saturated heterocycles. The van der Waals surface area contributed by atoms with Crippen molar-refractivity contribution >= 4 is 24.2 Å². The fraction of sp³-hybridized carbons (Fsp3) is 0.600. The number of hydrogen-bond donors (Lipinski definition) is 0. The Hall–Kier alpha value is -1.40. The van der Waals surface area contributed by atoms with Crippen molar-refractivity contribution in [3.05, 3.63) is 0 Å². The molecule has 0 bridgehead atoms. The summed E-state index contributed by atoms with van der Waals surface area (Å²) in [5.41, 5.74) is 0. The van der Waals surface area contributed by atoms with Crippen molar-refractivity contribution in [2.75, 3.05) is 26.4 Å². The predicted molar refractivity (Wildman–Crippen MR) is 60.0 cm³/mol. The summed E-state index contributed by atoms with van der Waals surface area (Å²) < 4.78 is 10.1. The molecule has 0 N–H and O–H groups in total. The minimum absolute atomic E-state index is 0.250. The van der Waals surface area contributed by atoms with E-state index < -0.39 is 0 Å². The van der Waals surface area contributed by atoms with Crippen molar-refractivity contribution in [2.24, 2.45) is 9.98 Å². The number of aliphatic imine (C=N–C) groups is 2. The first-order valence-electron chi connectivity index (χ1n) is 4.84. The molecule has 0 aliphatic rings. The van der Waals surface area contributed by atoms with Crippen molar-refractivity contribution in [2.45, 2.75) is 13.8 Å². The van der Waals surface area contributed by atoms with Gasteiger partial charge in [-0.1, -0.05) is 0 Å². The third kappa shape index (κ3) is 12.6. The van der Waals surface area contributed by atoms with Crippen LogP contribution in [-0.2, 0) is 19.1 Å². The van der Waals surface area contributed by atoms with E-state index in [2.05, 4.69) is 9.98 Å². The molecule has 0 aromatic heterocycles. The van der Waals surface area contributed by atoms with Gasteiger partial charge in [0.1, 0.15) is 0 Å². The van der Waals surface area contributed by atoms with Crippen LogP contribution < -0.4 is 0 Å². The minimum Gasteiger partial charge on any atom is -0.373 e. The predicted octanol–water partition coefficient (Wildman–Crippen LogP) is 0.254. The summed E-state index contributed by atoms with van der Waals surface area (Å²) in [6, 6.07) is 0. The van der Waals surface area contributed by atoms with Gasteiger partial charge >= 0.3 is 0 Å². The zero-order chi connectivity index (χ0) is 12.2. The number of carbonyl (C=O) groups is 2. The van der Waals surface area contributed by atoms with Crippen molar-refractivity contribution < 1.29 is 19.1 Å². The van der Waals surface area contributed by atoms with Gasteiger partial charge in [-0.25, -0.2) is 9.98 Å². The Morgan fingerprint density at radius 3 is 1.62 bits per heavy atom. The Kier molecular flexibility index (Phi) is 9.24. The summed E-state index contributed by atoms with van der Waals surface area (Å²) in [5, 5.41) is 0. The molecular weight excluding hydrogens is 212 g/mol. The standard InChI is InChI=1S/C10H16N2O4/c1-9(13)11-3-5-15-7-8-16-6-4-12-10(2)14/h3-4H,5-8H2,1-2H3. The molecule has 0 unspecified atom stereocenters. The number of nitrogens with zero attached hydrogens (tertiary/aromatic N) is 2. The van der Waals surface area contributed by atoms with Crippen LogP contribution in [0.3, 0.4) is 0 Å². The van der Waals surface area contributed by atoms with Crippen molar-refractivity contribution in [3.8, 4) is 0 Å². The van der Waals surface area contributed by atoms with Crippen molar-refractivity contribution in [1.29, 1.82) is 0 Å². The van der Waals surface area contributed by atoms with Crippen LogP contribution in [0.5, 0.6) is 0 Å². The summed E-state index contributed by atoms with van der Waals surface area (Å²) in [7, 11) is 0. The van der Waals surface area contributed by atoms with Gasteiger partial charge in [-0.2, -0.15) is 0 Å². The summed E-state index contributed by atoms with van der Waals surface area (Å²) >= 11 is 0. The van der Waals surface area contributed by atoms with E-state index in [1.165, 1.54) is 26.3 Å². The maximum Gasteiger partial charge on any atom is 0.242 e. The Bertz CT molecular complexity index is 246. The van der Waals surface area contributed by atoms with Gasteiger partial charge in [-0.05, 0) is 0 Å². The zero-order valence-electron chi connectivity index (χ0n) is 9.51. The van der Waals surface area contributed by atoms with E-state index in [9.17, 15) is 9.59 Å². The monoisotopic (exact) mass is 228 g/mol. The van der Waals surface area contributed by atoms with Gasteiger partial charge in [0.05, 0.1) is 26.4 Å². The molecule has 6 nitrogen and oxygen atoms in total. The first kappa shape index (κ1) is 14.6. The first-order valence-corrected chi connectivity index (χ1v) is 4.84. The van der Waals surface area contributed by atoms with Crippen LogP contribution in [-0.4, -0.2) is 50.7 Å². The number of amides is 2. The fourth-order valence-electron chi connectivity index (χ4n) is 0.722. The molecule has 6 heteroatoms. The Morgan fingerprint density at radius 1 is 0.938 bits per heavy atom. The topological polar surface area (TPSA) is 77.3 Å². The SMILES string of the molecule is CC(=O)N=CCOCCOCC=NC(C)=O. The Labute approximate surface area is 94.4 Å². The molecule has 16 heavy (non-hydrogen) atoms. The largest absolute Gasteiger partial charge is 0.373 e. The van der Waals surface area contributed by atoms with Crippen LogP contribution in [0.2, 0.25) is 0 Å². The molecule has 0 aromatic rings. The molecule has 0 aromatic carbocycles. The molecule has 0 atom stereocenters. The Morgan fingerprint density at radius 2 is 1.31 bits per heavy atom. The summed E-state index contributed by atoms with van der Waals surface area (Å²) in [6.45, 7) is 4.10. The van der Waals surface area contributed by atoms with Crippen LogP contribution in [0.25, 0.3) is 0 Å². The lowest BCUT2D eigenvalue weighted by atomic mass is 10.6. The molecule has 90 valence electrons. The van der Waals surface area contributed by atoms with Gasteiger partial charge in [-0.15, -0.1) is 0 Å². The highest BCUT2D eigenvalue weighted by Gasteiger charge is 1.88. The summed E-state index contributed by atoms with van der Waals surface area (Å²) in [6.07, 6.45) is 2.80. The summed E-state index contributed by atoms with van der Waals surface area (Å²) in [5.74, 6) is -0.499. The number of ether oxygens (including phenoxy) is 2. The number of rotatable bonds is 7. The second kappa shape index (κ2) is 10.1. The van der Waals surface area contributed by atoms with Crippen LogP contribution in [0.1, 0.15) is 13.8 Å². The molecule has 0 heterocycles. The van der Waals surface area contributed by atoms with E-state index in [4.69, 9.17) is 9.47 Å². The molecule has 0 rings (SSSR count). The highest BCUT2D eigenvalue weighted by Crippen LogP contribution is 1.78. The molecular formula is C10H16N2O4. The smallest absolute Gasteiger partial charge is 0.242 e. The Balaban J connectivity index is 3.22. The molecule has 0 fully saturated rings. The van der Waals surface area contributed by atoms with Gasteiger partial charge in [0.2, 0.25) is 11.8 Å². The van der Waals surface area contributed by atoms with Crippen LogP contribution >= 0.6 is 0 Å². The third-order valence-electron chi connectivity index (χ3n) is 1.30. The zero-order valence-corrected chi connectivity index (χ0v) is 9.51. The van der Waals surface area contributed by atoms with E-state index in [-0.39, 0.29) is 25.0 Å². The van der Waals surface area contributed by atoms with Crippen LogP contribution in [0.4, 0.5) is 0 Å². The van der Waals surface area contributed by atoms with Gasteiger partial charge in [-0.3, -0.25) is 9.59 Å². The maximum absolute atomic E-state index is 10.4. The molecule has 0 spiro atoms. The van der Waals surface area contributed by atoms with Crippen molar-refractivity contribution in [3.63, 3.8) is 0 Å². The minimum atomic E-state index is -0.250. The lowest BCUT2D eigenvalue weighted by molar-refractivity contribution is -0.116. The third-order valence-corrected chi connectivity index (χ3v) is 1.30. The van der Waals surface area contributed by atoms with E-state index in [0.29, 0.717) is 13.2 Å². The van der Waals surface area contributed by atoms with E-state index >= 15 is 0 Å². The van der Waals surface area contributed by atoms with E-state index in [1.807, 2.05) is 0 Å². The average Bonchev–Trinajstić information content (AvgIpc) is 2.20. The first-order chi connectivity index (χ1) is 7.63. The highest BCUT2D eigenvalue weighted by atomic mass is 16.5. The lowest BCUT2D eigenvalue weighted by Crippen LogP contribution is -2.07. The normalized spacial score (nSPS) is 11.4.